The molecule has 8 heteroatoms. The van der Waals surface area contributed by atoms with Gasteiger partial charge in [0, 0.05) is 11.6 Å². The lowest BCUT2D eigenvalue weighted by atomic mass is 10.0. The van der Waals surface area contributed by atoms with Crippen molar-refractivity contribution in [2.24, 2.45) is 0 Å². The van der Waals surface area contributed by atoms with Crippen molar-refractivity contribution in [1.29, 1.82) is 0 Å². The fraction of sp³-hybridized carbons (Fsp3) is 0.174. The summed E-state index contributed by atoms with van der Waals surface area (Å²) in [6, 6.07) is 18.4. The van der Waals surface area contributed by atoms with Gasteiger partial charge in [-0.05, 0) is 41.5 Å². The first-order valence-electron chi connectivity index (χ1n) is 9.37. The number of ether oxygens (including phenoxy) is 1. The van der Waals surface area contributed by atoms with Crippen LogP contribution in [0.3, 0.4) is 0 Å². The minimum atomic E-state index is -4.66. The summed E-state index contributed by atoms with van der Waals surface area (Å²) in [5.41, 5.74) is 0.111. The highest BCUT2D eigenvalue weighted by molar-refractivity contribution is 6.30. The third-order valence-corrected chi connectivity index (χ3v) is 4.82. The third kappa shape index (κ3) is 5.99. The second-order valence-electron chi connectivity index (χ2n) is 6.75. The van der Waals surface area contributed by atoms with Crippen molar-refractivity contribution in [3.63, 3.8) is 0 Å². The lowest BCUT2D eigenvalue weighted by Gasteiger charge is -2.21. The van der Waals surface area contributed by atoms with Gasteiger partial charge in [-0.2, -0.15) is 13.2 Å². The van der Waals surface area contributed by atoms with E-state index in [-0.39, 0.29) is 10.7 Å². The standard InChI is InChI=1S/C23H20ClF3N2O2/c1-31-18-9-5-6-15(12-18)14-28-21(16-7-3-2-4-8-16)22(30)29-20-11-10-17(24)13-19(20)23(25,26)27/h2-13,21,28H,14H2,1H3,(H,29,30)/t21-/m1/s1. The average Bonchev–Trinajstić information content (AvgIpc) is 2.75. The Hall–Kier alpha value is -3.03. The number of amides is 1. The van der Waals surface area contributed by atoms with Crippen molar-refractivity contribution in [2.45, 2.75) is 18.8 Å². The third-order valence-electron chi connectivity index (χ3n) is 4.58. The molecule has 0 radical (unpaired) electrons. The SMILES string of the molecule is COc1cccc(CN[C@@H](C(=O)Nc2ccc(Cl)cc2C(F)(F)F)c2ccccc2)c1. The van der Waals surface area contributed by atoms with Gasteiger partial charge in [0.1, 0.15) is 11.8 Å². The molecule has 0 heterocycles. The minimum absolute atomic E-state index is 0.0684. The van der Waals surface area contributed by atoms with Crippen LogP contribution in [0.1, 0.15) is 22.7 Å². The van der Waals surface area contributed by atoms with Crippen LogP contribution in [-0.4, -0.2) is 13.0 Å². The van der Waals surface area contributed by atoms with Crippen LogP contribution >= 0.6 is 11.6 Å². The van der Waals surface area contributed by atoms with E-state index in [1.54, 1.807) is 43.5 Å². The van der Waals surface area contributed by atoms with Gasteiger partial charge in [-0.3, -0.25) is 10.1 Å². The Balaban J connectivity index is 1.85. The Bertz CT molecular complexity index is 1040. The van der Waals surface area contributed by atoms with Crippen molar-refractivity contribution in [1.82, 2.24) is 5.32 Å². The molecule has 0 aliphatic heterocycles. The van der Waals surface area contributed by atoms with Crippen molar-refractivity contribution < 1.29 is 22.7 Å². The van der Waals surface area contributed by atoms with Crippen LogP contribution in [0.15, 0.2) is 72.8 Å². The predicted octanol–water partition coefficient (Wildman–Crippen LogP) is 5.84. The van der Waals surface area contributed by atoms with E-state index in [1.807, 2.05) is 18.2 Å². The van der Waals surface area contributed by atoms with Gasteiger partial charge < -0.3 is 10.1 Å². The van der Waals surface area contributed by atoms with Gasteiger partial charge in [-0.15, -0.1) is 0 Å². The first-order valence-corrected chi connectivity index (χ1v) is 9.74. The summed E-state index contributed by atoms with van der Waals surface area (Å²) >= 11 is 5.72. The topological polar surface area (TPSA) is 50.4 Å². The molecule has 0 bridgehead atoms. The first-order chi connectivity index (χ1) is 14.8. The van der Waals surface area contributed by atoms with Gasteiger partial charge in [0.25, 0.3) is 0 Å². The number of anilines is 1. The largest absolute Gasteiger partial charge is 0.497 e. The maximum Gasteiger partial charge on any atom is 0.418 e. The molecule has 0 saturated heterocycles. The number of halogens is 4. The highest BCUT2D eigenvalue weighted by Crippen LogP contribution is 2.36. The molecule has 3 aromatic rings. The van der Waals surface area contributed by atoms with Crippen LogP contribution in [0, 0.1) is 0 Å². The molecule has 0 aliphatic rings. The van der Waals surface area contributed by atoms with E-state index >= 15 is 0 Å². The molecule has 0 spiro atoms. The van der Waals surface area contributed by atoms with Crippen LogP contribution in [0.25, 0.3) is 0 Å². The van der Waals surface area contributed by atoms with Crippen molar-refractivity contribution >= 4 is 23.2 Å². The average molecular weight is 449 g/mol. The van der Waals surface area contributed by atoms with Gasteiger partial charge in [0.05, 0.1) is 18.4 Å². The minimum Gasteiger partial charge on any atom is -0.497 e. The molecule has 0 unspecified atom stereocenters. The first kappa shape index (κ1) is 22.7. The Morgan fingerprint density at radius 2 is 1.77 bits per heavy atom. The fourth-order valence-electron chi connectivity index (χ4n) is 3.07. The van der Waals surface area contributed by atoms with E-state index in [0.717, 1.165) is 17.7 Å². The molecule has 31 heavy (non-hydrogen) atoms. The van der Waals surface area contributed by atoms with Crippen molar-refractivity contribution in [3.8, 4) is 5.75 Å². The van der Waals surface area contributed by atoms with Crippen LogP contribution in [0.5, 0.6) is 5.75 Å². The van der Waals surface area contributed by atoms with Gasteiger partial charge in [-0.1, -0.05) is 54.1 Å². The summed E-state index contributed by atoms with van der Waals surface area (Å²) in [6.45, 7) is 0.303. The van der Waals surface area contributed by atoms with Crippen molar-refractivity contribution in [3.05, 3.63) is 94.5 Å². The van der Waals surface area contributed by atoms with Gasteiger partial charge in [-0.25, -0.2) is 0 Å². The number of methoxy groups -OCH3 is 1. The number of rotatable bonds is 7. The molecule has 1 atom stereocenters. The smallest absolute Gasteiger partial charge is 0.418 e. The van der Waals surface area contributed by atoms with Crippen LogP contribution in [0.4, 0.5) is 18.9 Å². The summed E-state index contributed by atoms with van der Waals surface area (Å²) in [4.78, 5) is 13.0. The Labute approximate surface area is 183 Å². The summed E-state index contributed by atoms with van der Waals surface area (Å²) in [6.07, 6.45) is -4.66. The van der Waals surface area contributed by atoms with E-state index in [9.17, 15) is 18.0 Å². The predicted molar refractivity (Wildman–Crippen MR) is 114 cm³/mol. The number of carbonyl (C=O) groups is 1. The van der Waals surface area contributed by atoms with Crippen LogP contribution in [0.2, 0.25) is 5.02 Å². The summed E-state index contributed by atoms with van der Waals surface area (Å²) in [7, 11) is 1.55. The normalized spacial score (nSPS) is 12.3. The van der Waals surface area contributed by atoms with E-state index in [2.05, 4.69) is 10.6 Å². The number of carbonyl (C=O) groups excluding carboxylic acids is 1. The lowest BCUT2D eigenvalue weighted by molar-refractivity contribution is -0.137. The summed E-state index contributed by atoms with van der Waals surface area (Å²) in [5.74, 6) is 0.0397. The maximum atomic E-state index is 13.4. The zero-order valence-electron chi connectivity index (χ0n) is 16.5. The molecule has 3 aromatic carbocycles. The molecule has 3 rings (SSSR count). The fourth-order valence-corrected chi connectivity index (χ4v) is 3.25. The highest BCUT2D eigenvalue weighted by Gasteiger charge is 2.35. The highest BCUT2D eigenvalue weighted by atomic mass is 35.5. The summed E-state index contributed by atoms with van der Waals surface area (Å²) in [5, 5.41) is 5.45. The van der Waals surface area contributed by atoms with E-state index in [1.165, 1.54) is 6.07 Å². The number of nitrogens with one attached hydrogen (secondary N) is 2. The van der Waals surface area contributed by atoms with E-state index in [0.29, 0.717) is 17.9 Å². The molecule has 162 valence electrons. The quantitative estimate of drug-likeness (QED) is 0.477. The van der Waals surface area contributed by atoms with Crippen LogP contribution in [-0.2, 0) is 17.5 Å². The molecule has 0 aromatic heterocycles. The second kappa shape index (κ2) is 9.85. The summed E-state index contributed by atoms with van der Waals surface area (Å²) < 4.78 is 45.4. The van der Waals surface area contributed by atoms with Gasteiger partial charge in [0.2, 0.25) is 5.91 Å². The Kier molecular flexibility index (Phi) is 7.20. The van der Waals surface area contributed by atoms with Gasteiger partial charge >= 0.3 is 6.18 Å². The van der Waals surface area contributed by atoms with Gasteiger partial charge in [0.15, 0.2) is 0 Å². The maximum absolute atomic E-state index is 13.4. The van der Waals surface area contributed by atoms with Crippen LogP contribution < -0.4 is 15.4 Å². The number of alkyl halides is 3. The molecule has 2 N–H and O–H groups in total. The second-order valence-corrected chi connectivity index (χ2v) is 7.19. The lowest BCUT2D eigenvalue weighted by Crippen LogP contribution is -2.33. The number of benzene rings is 3. The number of hydrogen-bond donors (Lipinski definition) is 2. The van der Waals surface area contributed by atoms with E-state index < -0.39 is 23.7 Å². The van der Waals surface area contributed by atoms with Crippen molar-refractivity contribution in [2.75, 3.05) is 12.4 Å². The molecule has 1 amide bonds. The number of hydrogen-bond acceptors (Lipinski definition) is 3. The van der Waals surface area contributed by atoms with E-state index in [4.69, 9.17) is 16.3 Å². The Morgan fingerprint density at radius 3 is 2.45 bits per heavy atom. The molecule has 0 fully saturated rings. The molecule has 0 saturated carbocycles. The monoisotopic (exact) mass is 448 g/mol. The molecular formula is C23H20ClF3N2O2. The Morgan fingerprint density at radius 1 is 1.03 bits per heavy atom. The molecule has 0 aliphatic carbocycles. The zero-order valence-corrected chi connectivity index (χ0v) is 17.3. The zero-order chi connectivity index (χ0) is 22.4. The molecule has 4 nitrogen and oxygen atoms in total. The molecular weight excluding hydrogens is 429 g/mol.